The van der Waals surface area contributed by atoms with Gasteiger partial charge in [-0.1, -0.05) is 0 Å². The Morgan fingerprint density at radius 2 is 2.07 bits per heavy atom. The summed E-state index contributed by atoms with van der Waals surface area (Å²) in [5.74, 6) is -0.908. The van der Waals surface area contributed by atoms with Gasteiger partial charge in [0.25, 0.3) is 0 Å². The molecule has 0 amide bonds. The molecule has 14 heavy (non-hydrogen) atoms. The van der Waals surface area contributed by atoms with Crippen molar-refractivity contribution >= 4 is 25.4 Å². The first-order chi connectivity index (χ1) is 6.70. The van der Waals surface area contributed by atoms with E-state index < -0.39 is 12.0 Å². The van der Waals surface area contributed by atoms with Crippen molar-refractivity contribution in [2.75, 3.05) is 0 Å². The molecule has 3 N–H and O–H groups in total. The zero-order chi connectivity index (χ0) is 10.4. The molecular formula is C10H13NO2Se. The molecule has 0 aliphatic carbocycles. The Morgan fingerprint density at radius 1 is 1.43 bits per heavy atom. The maximum atomic E-state index is 10.4. The van der Waals surface area contributed by atoms with Crippen LogP contribution < -0.4 is 10.2 Å². The molecule has 0 heterocycles. The standard InChI is InChI=1S/C10H13NO2Se/c11-9(10(12)13)6-7-14-8-4-2-1-3-5-8/h1-5,9H,6-7,11H2,(H,12,13)/t9-/m0/s1. The van der Waals surface area contributed by atoms with E-state index in [2.05, 4.69) is 12.1 Å². The van der Waals surface area contributed by atoms with Crippen LogP contribution in [0.1, 0.15) is 6.42 Å². The Morgan fingerprint density at radius 3 is 2.64 bits per heavy atom. The molecule has 1 aromatic rings. The fourth-order valence-electron chi connectivity index (χ4n) is 0.944. The number of hydrogen-bond acceptors (Lipinski definition) is 2. The Hall–Kier alpha value is -0.831. The number of benzene rings is 1. The van der Waals surface area contributed by atoms with Crippen LogP contribution in [0.25, 0.3) is 0 Å². The first kappa shape index (κ1) is 11.2. The molecule has 0 fully saturated rings. The molecule has 0 aliphatic heterocycles. The topological polar surface area (TPSA) is 63.3 Å². The van der Waals surface area contributed by atoms with Crippen LogP contribution in [0, 0.1) is 0 Å². The van der Waals surface area contributed by atoms with Gasteiger partial charge in [-0.15, -0.1) is 0 Å². The van der Waals surface area contributed by atoms with Gasteiger partial charge in [-0.3, -0.25) is 0 Å². The SMILES string of the molecule is N[C@@H](CC[Se]c1ccccc1)C(=O)O. The summed E-state index contributed by atoms with van der Waals surface area (Å²) in [7, 11) is 0. The summed E-state index contributed by atoms with van der Waals surface area (Å²) < 4.78 is 1.29. The van der Waals surface area contributed by atoms with Gasteiger partial charge >= 0.3 is 89.1 Å². The molecule has 0 spiro atoms. The number of hydrogen-bond donors (Lipinski definition) is 2. The second-order valence-corrected chi connectivity index (χ2v) is 5.35. The molecule has 76 valence electrons. The van der Waals surface area contributed by atoms with Gasteiger partial charge in [0, 0.05) is 0 Å². The molecule has 1 aromatic carbocycles. The van der Waals surface area contributed by atoms with Gasteiger partial charge in [-0.05, 0) is 0 Å². The molecule has 1 rings (SSSR count). The summed E-state index contributed by atoms with van der Waals surface area (Å²) in [5, 5.41) is 9.44. The third-order valence-electron chi connectivity index (χ3n) is 1.76. The summed E-state index contributed by atoms with van der Waals surface area (Å²) in [5.41, 5.74) is 5.39. The van der Waals surface area contributed by atoms with Crippen molar-refractivity contribution in [3.8, 4) is 0 Å². The minimum atomic E-state index is -0.908. The summed E-state index contributed by atoms with van der Waals surface area (Å²) >= 11 is 0.342. The molecule has 0 saturated carbocycles. The number of carboxylic acids is 1. The Balaban J connectivity index is 2.26. The van der Waals surface area contributed by atoms with Gasteiger partial charge in [0.1, 0.15) is 0 Å². The number of rotatable bonds is 5. The van der Waals surface area contributed by atoms with Crippen LogP contribution in [-0.2, 0) is 4.79 Å². The monoisotopic (exact) mass is 259 g/mol. The quantitative estimate of drug-likeness (QED) is 0.743. The second-order valence-electron chi connectivity index (χ2n) is 2.89. The van der Waals surface area contributed by atoms with E-state index in [9.17, 15) is 4.79 Å². The molecule has 4 heteroatoms. The molecule has 0 bridgehead atoms. The van der Waals surface area contributed by atoms with Crippen molar-refractivity contribution in [3.63, 3.8) is 0 Å². The van der Waals surface area contributed by atoms with Gasteiger partial charge in [0.15, 0.2) is 0 Å². The van der Waals surface area contributed by atoms with Gasteiger partial charge in [-0.25, -0.2) is 0 Å². The van der Waals surface area contributed by atoms with Gasteiger partial charge in [0.05, 0.1) is 0 Å². The van der Waals surface area contributed by atoms with Crippen LogP contribution in [-0.4, -0.2) is 32.1 Å². The van der Waals surface area contributed by atoms with Gasteiger partial charge in [0.2, 0.25) is 0 Å². The van der Waals surface area contributed by atoms with Crippen LogP contribution in [0.4, 0.5) is 0 Å². The van der Waals surface area contributed by atoms with Crippen molar-refractivity contribution in [2.45, 2.75) is 17.8 Å². The van der Waals surface area contributed by atoms with E-state index >= 15 is 0 Å². The summed E-state index contributed by atoms with van der Waals surface area (Å²) in [6.45, 7) is 0. The number of carboxylic acid groups (broad SMARTS) is 1. The van der Waals surface area contributed by atoms with Crippen LogP contribution >= 0.6 is 0 Å². The molecule has 3 nitrogen and oxygen atoms in total. The molecule has 1 atom stereocenters. The number of nitrogens with two attached hydrogens (primary N) is 1. The van der Waals surface area contributed by atoms with Crippen molar-refractivity contribution in [3.05, 3.63) is 30.3 Å². The fraction of sp³-hybridized carbons (Fsp3) is 0.300. The molecule has 0 saturated heterocycles. The van der Waals surface area contributed by atoms with Gasteiger partial charge < -0.3 is 0 Å². The number of aliphatic carboxylic acids is 1. The van der Waals surface area contributed by atoms with E-state index in [-0.39, 0.29) is 0 Å². The molecule has 0 unspecified atom stereocenters. The summed E-state index contributed by atoms with van der Waals surface area (Å²) in [4.78, 5) is 10.4. The van der Waals surface area contributed by atoms with Crippen LogP contribution in [0.5, 0.6) is 0 Å². The molecule has 0 radical (unpaired) electrons. The predicted octanol–water partition coefficient (Wildman–Crippen LogP) is 0.236. The Labute approximate surface area is 89.5 Å². The zero-order valence-corrected chi connectivity index (χ0v) is 9.43. The van der Waals surface area contributed by atoms with Crippen LogP contribution in [0.2, 0.25) is 5.32 Å². The van der Waals surface area contributed by atoms with E-state index in [1.165, 1.54) is 4.46 Å². The Bertz CT molecular complexity index is 289. The van der Waals surface area contributed by atoms with Crippen molar-refractivity contribution in [1.29, 1.82) is 0 Å². The number of carbonyl (C=O) groups is 1. The first-order valence-corrected chi connectivity index (χ1v) is 6.43. The minimum absolute atomic E-state index is 0.342. The van der Waals surface area contributed by atoms with Crippen molar-refractivity contribution < 1.29 is 9.90 Å². The Kier molecular flexibility index (Phi) is 4.66. The third-order valence-corrected chi connectivity index (χ3v) is 3.95. The van der Waals surface area contributed by atoms with Crippen LogP contribution in [0.15, 0.2) is 30.3 Å². The first-order valence-electron chi connectivity index (χ1n) is 4.36. The molecular weight excluding hydrogens is 245 g/mol. The normalized spacial score (nSPS) is 12.4. The van der Waals surface area contributed by atoms with E-state index in [1.54, 1.807) is 0 Å². The van der Waals surface area contributed by atoms with E-state index in [0.717, 1.165) is 5.32 Å². The summed E-state index contributed by atoms with van der Waals surface area (Å²) in [6, 6.07) is 9.38. The fourth-order valence-corrected chi connectivity index (χ4v) is 2.95. The predicted molar refractivity (Wildman–Crippen MR) is 56.9 cm³/mol. The second kappa shape index (κ2) is 5.81. The van der Waals surface area contributed by atoms with E-state index in [4.69, 9.17) is 10.8 Å². The summed E-state index contributed by atoms with van der Waals surface area (Å²) in [6.07, 6.45) is 0.560. The van der Waals surface area contributed by atoms with Gasteiger partial charge in [-0.2, -0.15) is 0 Å². The zero-order valence-electron chi connectivity index (χ0n) is 7.72. The van der Waals surface area contributed by atoms with E-state index in [0.29, 0.717) is 21.4 Å². The molecule has 0 aromatic heterocycles. The average Bonchev–Trinajstić information content (AvgIpc) is 2.19. The third kappa shape index (κ3) is 3.92. The molecule has 0 aliphatic rings. The van der Waals surface area contributed by atoms with Crippen molar-refractivity contribution in [2.24, 2.45) is 5.73 Å². The van der Waals surface area contributed by atoms with E-state index in [1.807, 2.05) is 18.2 Å². The van der Waals surface area contributed by atoms with Crippen LogP contribution in [0.3, 0.4) is 0 Å². The average molecular weight is 258 g/mol. The van der Waals surface area contributed by atoms with Crippen molar-refractivity contribution in [1.82, 2.24) is 0 Å². The maximum absolute atomic E-state index is 10.4.